The molecule has 3 atom stereocenters. The number of alkyl halides is 5. The van der Waals surface area contributed by atoms with Crippen LogP contribution in [0.5, 0.6) is 0 Å². The normalized spacial score (nSPS) is 23.2. The van der Waals surface area contributed by atoms with Gasteiger partial charge < -0.3 is 9.67 Å². The van der Waals surface area contributed by atoms with Gasteiger partial charge in [0.2, 0.25) is 0 Å². The number of nitriles is 1. The van der Waals surface area contributed by atoms with Crippen LogP contribution in [-0.4, -0.2) is 15.8 Å². The molecule has 2 aromatic rings. The van der Waals surface area contributed by atoms with Crippen molar-refractivity contribution in [3.63, 3.8) is 0 Å². The van der Waals surface area contributed by atoms with Crippen LogP contribution in [0.4, 0.5) is 26.3 Å². The first-order valence-corrected chi connectivity index (χ1v) is 6.66. The molecule has 0 saturated heterocycles. The number of halogens is 6. The molecular weight excluding hydrogens is 338 g/mol. The molecule has 9 heteroatoms. The van der Waals surface area contributed by atoms with E-state index in [0.29, 0.717) is 10.8 Å². The molecule has 126 valence electrons. The van der Waals surface area contributed by atoms with E-state index < -0.39 is 58.5 Å². The number of fused-ring (bicyclic) bond motifs is 1. The molecule has 0 aliphatic heterocycles. The molecule has 0 amide bonds. The van der Waals surface area contributed by atoms with Gasteiger partial charge in [-0.1, -0.05) is 6.07 Å². The quantitative estimate of drug-likeness (QED) is 0.796. The highest BCUT2D eigenvalue weighted by molar-refractivity contribution is 5.51. The van der Waals surface area contributed by atoms with Gasteiger partial charge in [-0.3, -0.25) is 0 Å². The molecule has 0 saturated carbocycles. The minimum absolute atomic E-state index is 0.395. The zero-order valence-corrected chi connectivity index (χ0v) is 11.7. The number of nitrogens with zero attached hydrogens (tertiary/aromatic N) is 2. The van der Waals surface area contributed by atoms with E-state index in [4.69, 9.17) is 5.26 Å². The maximum absolute atomic E-state index is 14.3. The smallest absolute Gasteiger partial charge is 0.385 e. The summed E-state index contributed by atoms with van der Waals surface area (Å²) < 4.78 is 81.9. The number of rotatable bonds is 1. The standard InChI is InChI=1S/C15H8F6N2O/c16-10-6(4-22)2-1-3-8(10)23-5-7(15(19,20)21)9-13(23)11(17)12(18)14(9)24/h1-3,5,11-12,14,24H/t11-,12-,14-/m1/s1. The molecule has 3 rings (SSSR count). The van der Waals surface area contributed by atoms with Gasteiger partial charge in [0.15, 0.2) is 18.2 Å². The Labute approximate surface area is 131 Å². The number of aliphatic hydroxyl groups is 1. The average molecular weight is 346 g/mol. The number of aromatic nitrogens is 1. The third-order valence-electron chi connectivity index (χ3n) is 3.89. The van der Waals surface area contributed by atoms with Crippen molar-refractivity contribution >= 4 is 0 Å². The molecule has 1 aliphatic carbocycles. The van der Waals surface area contributed by atoms with Gasteiger partial charge in [0.1, 0.15) is 12.2 Å². The third-order valence-corrected chi connectivity index (χ3v) is 3.89. The molecule has 3 nitrogen and oxygen atoms in total. The van der Waals surface area contributed by atoms with Crippen LogP contribution in [0.3, 0.4) is 0 Å². The molecule has 0 radical (unpaired) electrons. The second kappa shape index (κ2) is 5.27. The topological polar surface area (TPSA) is 49.0 Å². The second-order valence-corrected chi connectivity index (χ2v) is 5.25. The van der Waals surface area contributed by atoms with Crippen LogP contribution in [0.1, 0.15) is 34.7 Å². The van der Waals surface area contributed by atoms with E-state index in [9.17, 15) is 31.4 Å². The van der Waals surface area contributed by atoms with E-state index in [2.05, 4.69) is 0 Å². The van der Waals surface area contributed by atoms with Crippen molar-refractivity contribution in [2.75, 3.05) is 0 Å². The lowest BCUT2D eigenvalue weighted by atomic mass is 10.1. The summed E-state index contributed by atoms with van der Waals surface area (Å²) in [4.78, 5) is 0. The Balaban J connectivity index is 2.33. The molecule has 24 heavy (non-hydrogen) atoms. The van der Waals surface area contributed by atoms with E-state index >= 15 is 0 Å². The van der Waals surface area contributed by atoms with Crippen LogP contribution in [0, 0.1) is 17.1 Å². The average Bonchev–Trinajstić information content (AvgIpc) is 3.01. The summed E-state index contributed by atoms with van der Waals surface area (Å²) in [7, 11) is 0. The molecule has 1 aromatic heterocycles. The first kappa shape index (κ1) is 16.4. The lowest BCUT2D eigenvalue weighted by molar-refractivity contribution is -0.139. The van der Waals surface area contributed by atoms with Gasteiger partial charge in [-0.15, -0.1) is 0 Å². The molecule has 1 N–H and O–H groups in total. The van der Waals surface area contributed by atoms with Crippen LogP contribution in [0.25, 0.3) is 5.69 Å². The Kier molecular flexibility index (Phi) is 3.60. The van der Waals surface area contributed by atoms with E-state index in [-0.39, 0.29) is 0 Å². The summed E-state index contributed by atoms with van der Waals surface area (Å²) in [5.74, 6) is -1.17. The highest BCUT2D eigenvalue weighted by Gasteiger charge is 2.50. The van der Waals surface area contributed by atoms with Crippen molar-refractivity contribution in [1.29, 1.82) is 5.26 Å². The van der Waals surface area contributed by atoms with Gasteiger partial charge in [0.25, 0.3) is 0 Å². The largest absolute Gasteiger partial charge is 0.418 e. The van der Waals surface area contributed by atoms with E-state index in [1.165, 1.54) is 12.1 Å². The predicted molar refractivity (Wildman–Crippen MR) is 69.1 cm³/mol. The van der Waals surface area contributed by atoms with E-state index in [1.807, 2.05) is 0 Å². The highest BCUT2D eigenvalue weighted by atomic mass is 19.4. The number of hydrogen-bond donors (Lipinski definition) is 1. The van der Waals surface area contributed by atoms with Crippen LogP contribution in [0.2, 0.25) is 0 Å². The number of aliphatic hydroxyl groups excluding tert-OH is 1. The Bertz CT molecular complexity index is 851. The van der Waals surface area contributed by atoms with Gasteiger partial charge >= 0.3 is 6.18 Å². The van der Waals surface area contributed by atoms with Crippen molar-refractivity contribution in [2.45, 2.75) is 24.6 Å². The summed E-state index contributed by atoms with van der Waals surface area (Å²) >= 11 is 0. The molecule has 1 aromatic carbocycles. The molecule has 0 spiro atoms. The fraction of sp³-hybridized carbons (Fsp3) is 0.267. The molecule has 0 fully saturated rings. The predicted octanol–water partition coefficient (Wildman–Crippen LogP) is 3.90. The Morgan fingerprint density at radius 1 is 1.21 bits per heavy atom. The van der Waals surface area contributed by atoms with Gasteiger partial charge in [-0.2, -0.15) is 18.4 Å². The Morgan fingerprint density at radius 2 is 1.88 bits per heavy atom. The SMILES string of the molecule is N#Cc1cccc(-n2cc(C(F)(F)F)c3c2[C@H](F)[C@@H](F)[C@@H]3O)c1F. The summed E-state index contributed by atoms with van der Waals surface area (Å²) in [6, 6.07) is 4.83. The summed E-state index contributed by atoms with van der Waals surface area (Å²) in [6.45, 7) is 0. The van der Waals surface area contributed by atoms with E-state index in [1.54, 1.807) is 0 Å². The van der Waals surface area contributed by atoms with Crippen molar-refractivity contribution in [3.05, 3.63) is 52.6 Å². The van der Waals surface area contributed by atoms with Gasteiger partial charge in [0.05, 0.1) is 22.5 Å². The molecule has 0 unspecified atom stereocenters. The fourth-order valence-corrected chi connectivity index (χ4v) is 2.82. The minimum Gasteiger partial charge on any atom is -0.385 e. The van der Waals surface area contributed by atoms with Crippen LogP contribution in [0.15, 0.2) is 24.4 Å². The lowest BCUT2D eigenvalue weighted by Gasteiger charge is -2.13. The summed E-state index contributed by atoms with van der Waals surface area (Å²) in [5, 5.41) is 18.4. The first-order chi connectivity index (χ1) is 11.2. The van der Waals surface area contributed by atoms with E-state index in [0.717, 1.165) is 12.1 Å². The van der Waals surface area contributed by atoms with Crippen molar-refractivity contribution in [3.8, 4) is 11.8 Å². The number of benzene rings is 1. The zero-order valence-electron chi connectivity index (χ0n) is 11.7. The van der Waals surface area contributed by atoms with Crippen molar-refractivity contribution in [1.82, 2.24) is 4.57 Å². The van der Waals surface area contributed by atoms with Gasteiger partial charge in [0, 0.05) is 11.8 Å². The first-order valence-electron chi connectivity index (χ1n) is 6.66. The van der Waals surface area contributed by atoms with Crippen molar-refractivity contribution < 1.29 is 31.4 Å². The Hall–Kier alpha value is -2.47. The summed E-state index contributed by atoms with van der Waals surface area (Å²) in [6.07, 6.45) is -12.1. The maximum atomic E-state index is 14.3. The highest BCUT2D eigenvalue weighted by Crippen LogP contribution is 2.50. The molecular formula is C15H8F6N2O. The Morgan fingerprint density at radius 3 is 2.46 bits per heavy atom. The maximum Gasteiger partial charge on any atom is 0.418 e. The lowest BCUT2D eigenvalue weighted by Crippen LogP contribution is -2.15. The van der Waals surface area contributed by atoms with Gasteiger partial charge in [-0.25, -0.2) is 13.2 Å². The van der Waals surface area contributed by atoms with Crippen LogP contribution >= 0.6 is 0 Å². The molecule has 1 heterocycles. The summed E-state index contributed by atoms with van der Waals surface area (Å²) in [5.41, 5.74) is -4.21. The minimum atomic E-state index is -5.00. The zero-order chi connectivity index (χ0) is 17.8. The van der Waals surface area contributed by atoms with Crippen LogP contribution < -0.4 is 0 Å². The number of hydrogen-bond acceptors (Lipinski definition) is 2. The molecule has 0 bridgehead atoms. The third kappa shape index (κ3) is 2.17. The van der Waals surface area contributed by atoms with Crippen LogP contribution in [-0.2, 0) is 6.18 Å². The fourth-order valence-electron chi connectivity index (χ4n) is 2.82. The second-order valence-electron chi connectivity index (χ2n) is 5.25. The monoisotopic (exact) mass is 346 g/mol. The van der Waals surface area contributed by atoms with Crippen molar-refractivity contribution in [2.24, 2.45) is 0 Å². The van der Waals surface area contributed by atoms with Gasteiger partial charge in [-0.05, 0) is 12.1 Å². The molecule has 1 aliphatic rings.